The van der Waals surface area contributed by atoms with Gasteiger partial charge in [0.05, 0.1) is 40.0 Å². The Morgan fingerprint density at radius 3 is 1.21 bits per heavy atom. The standard InChI is InChI=1S/C72H48N6/c1-46-20-10-12-26-54(46)50-34-38-68-61(42-50)57-29-15-18-32-64(57)77(68)66-41-37-53(72-75-70(48-22-6-4-7-23-48)74-71(76-72)49-24-8-5-9-25-49)45-59(66)52-36-40-67(60(44-52)56-28-14-17-31-63(56)73-3)78-65-33-19-16-30-58(65)62-43-51(35-39-69(62)78)55-27-13-11-21-47(55)2/h4-45H,1-2H3. The molecule has 0 fully saturated rings. The van der Waals surface area contributed by atoms with Crippen LogP contribution in [-0.2, 0) is 0 Å². The van der Waals surface area contributed by atoms with E-state index in [1.807, 2.05) is 78.9 Å². The highest BCUT2D eigenvalue weighted by Crippen LogP contribution is 2.45. The Morgan fingerprint density at radius 1 is 0.295 bits per heavy atom. The van der Waals surface area contributed by atoms with Gasteiger partial charge in [0, 0.05) is 43.8 Å². The molecule has 0 amide bonds. The molecule has 14 rings (SSSR count). The van der Waals surface area contributed by atoms with E-state index in [1.54, 1.807) is 0 Å². The van der Waals surface area contributed by atoms with E-state index in [9.17, 15) is 0 Å². The van der Waals surface area contributed by atoms with Crippen molar-refractivity contribution in [2.45, 2.75) is 13.8 Å². The van der Waals surface area contributed by atoms with Crippen LogP contribution in [0.5, 0.6) is 0 Å². The number of rotatable bonds is 9. The van der Waals surface area contributed by atoms with Crippen molar-refractivity contribution in [3.05, 3.63) is 277 Å². The third kappa shape index (κ3) is 7.84. The minimum Gasteiger partial charge on any atom is -0.309 e. The van der Waals surface area contributed by atoms with Crippen molar-refractivity contribution in [2.75, 3.05) is 0 Å². The zero-order valence-corrected chi connectivity index (χ0v) is 42.9. The molecule has 0 N–H and O–H groups in total. The number of aryl methyl sites for hydroxylation is 2. The van der Waals surface area contributed by atoms with Crippen LogP contribution in [0.3, 0.4) is 0 Å². The van der Waals surface area contributed by atoms with E-state index < -0.39 is 0 Å². The van der Waals surface area contributed by atoms with Crippen molar-refractivity contribution in [3.63, 3.8) is 0 Å². The van der Waals surface area contributed by atoms with Gasteiger partial charge in [-0.25, -0.2) is 19.8 Å². The van der Waals surface area contributed by atoms with Gasteiger partial charge in [-0.15, -0.1) is 0 Å². The van der Waals surface area contributed by atoms with Crippen molar-refractivity contribution in [1.29, 1.82) is 0 Å². The predicted molar refractivity (Wildman–Crippen MR) is 322 cm³/mol. The zero-order chi connectivity index (χ0) is 52.3. The molecule has 366 valence electrons. The van der Waals surface area contributed by atoms with Crippen LogP contribution in [0.1, 0.15) is 11.1 Å². The fourth-order valence-corrected chi connectivity index (χ4v) is 11.5. The van der Waals surface area contributed by atoms with Crippen LogP contribution in [0.15, 0.2) is 255 Å². The second-order valence-corrected chi connectivity index (χ2v) is 19.9. The molecule has 14 aromatic rings. The van der Waals surface area contributed by atoms with Crippen molar-refractivity contribution in [3.8, 4) is 90.0 Å². The SMILES string of the molecule is [C-]#[N+]c1ccccc1-c1cc(-c2cc(-c3nc(-c4ccccc4)nc(-c4ccccc4)n3)ccc2-n2c3ccccc3c3cc(-c4ccccc4C)ccc32)ccc1-n1c2ccccc2c2cc(-c3ccccc3C)ccc21. The molecular weight excluding hydrogens is 949 g/mol. The van der Waals surface area contributed by atoms with Gasteiger partial charge in [0.25, 0.3) is 0 Å². The molecule has 0 unspecified atom stereocenters. The quantitative estimate of drug-likeness (QED) is 0.135. The second-order valence-electron chi connectivity index (χ2n) is 19.9. The summed E-state index contributed by atoms with van der Waals surface area (Å²) in [5.74, 6) is 1.75. The van der Waals surface area contributed by atoms with Gasteiger partial charge in [-0.3, -0.25) is 0 Å². The largest absolute Gasteiger partial charge is 0.309 e. The lowest BCUT2D eigenvalue weighted by Crippen LogP contribution is -2.02. The van der Waals surface area contributed by atoms with Crippen LogP contribution in [0.25, 0.3) is 139 Å². The molecule has 0 bridgehead atoms. The summed E-state index contributed by atoms with van der Waals surface area (Å²) in [5, 5.41) is 4.64. The van der Waals surface area contributed by atoms with Crippen LogP contribution in [0.4, 0.5) is 5.69 Å². The average Bonchev–Trinajstić information content (AvgIpc) is 4.22. The highest BCUT2D eigenvalue weighted by Gasteiger charge is 2.23. The number of nitrogens with zero attached hydrogens (tertiary/aromatic N) is 6. The lowest BCUT2D eigenvalue weighted by molar-refractivity contribution is 1.07. The minimum atomic E-state index is 0.561. The third-order valence-electron chi connectivity index (χ3n) is 15.3. The lowest BCUT2D eigenvalue weighted by Gasteiger charge is -2.20. The predicted octanol–water partition coefficient (Wildman–Crippen LogP) is 18.9. The molecule has 6 nitrogen and oxygen atoms in total. The summed E-state index contributed by atoms with van der Waals surface area (Å²) >= 11 is 0. The molecule has 3 aromatic heterocycles. The Morgan fingerprint density at radius 2 is 0.679 bits per heavy atom. The first kappa shape index (κ1) is 46.1. The molecule has 78 heavy (non-hydrogen) atoms. The first-order valence-electron chi connectivity index (χ1n) is 26.3. The normalized spacial score (nSPS) is 11.4. The van der Waals surface area contributed by atoms with Crippen LogP contribution >= 0.6 is 0 Å². The molecule has 0 saturated heterocycles. The Balaban J connectivity index is 1.05. The Hall–Kier alpha value is -10.5. The molecule has 0 spiro atoms. The Bertz CT molecular complexity index is 4650. The maximum atomic E-state index is 8.52. The molecule has 6 heteroatoms. The van der Waals surface area contributed by atoms with Gasteiger partial charge in [0.1, 0.15) is 0 Å². The van der Waals surface area contributed by atoms with Gasteiger partial charge in [0.2, 0.25) is 0 Å². The van der Waals surface area contributed by atoms with Crippen molar-refractivity contribution < 1.29 is 0 Å². The molecule has 0 aliphatic carbocycles. The van der Waals surface area contributed by atoms with Gasteiger partial charge in [0.15, 0.2) is 23.2 Å². The maximum absolute atomic E-state index is 8.52. The first-order valence-corrected chi connectivity index (χ1v) is 26.3. The van der Waals surface area contributed by atoms with E-state index >= 15 is 0 Å². The molecule has 0 aliphatic rings. The van der Waals surface area contributed by atoms with Gasteiger partial charge >= 0.3 is 0 Å². The molecular formula is C72H48N6. The number of fused-ring (bicyclic) bond motifs is 6. The number of aromatic nitrogens is 5. The Kier molecular flexibility index (Phi) is 11.2. The lowest BCUT2D eigenvalue weighted by atomic mass is 9.94. The molecule has 0 saturated carbocycles. The molecule has 0 radical (unpaired) electrons. The first-order chi connectivity index (χ1) is 38.5. The number of benzene rings is 11. The number of hydrogen-bond acceptors (Lipinski definition) is 3. The highest BCUT2D eigenvalue weighted by molar-refractivity contribution is 6.13. The van der Waals surface area contributed by atoms with E-state index in [0.717, 1.165) is 93.9 Å². The van der Waals surface area contributed by atoms with Gasteiger partial charge in [-0.2, -0.15) is 0 Å². The van der Waals surface area contributed by atoms with Crippen LogP contribution in [-0.4, -0.2) is 24.1 Å². The summed E-state index contributed by atoms with van der Waals surface area (Å²) in [7, 11) is 0. The van der Waals surface area contributed by atoms with Crippen LogP contribution in [0, 0.1) is 20.4 Å². The molecule has 3 heterocycles. The summed E-state index contributed by atoms with van der Waals surface area (Å²) < 4.78 is 4.78. The zero-order valence-electron chi connectivity index (χ0n) is 42.9. The van der Waals surface area contributed by atoms with Gasteiger partial charge in [-0.05, 0) is 131 Å². The summed E-state index contributed by atoms with van der Waals surface area (Å²) in [5.41, 5.74) is 20.5. The Labute approximate surface area is 452 Å². The summed E-state index contributed by atoms with van der Waals surface area (Å²) in [6.07, 6.45) is 0. The van der Waals surface area contributed by atoms with Gasteiger partial charge < -0.3 is 9.13 Å². The van der Waals surface area contributed by atoms with Crippen molar-refractivity contribution >= 4 is 49.3 Å². The number of para-hydroxylation sites is 3. The van der Waals surface area contributed by atoms with Crippen LogP contribution < -0.4 is 0 Å². The third-order valence-corrected chi connectivity index (χ3v) is 15.3. The van der Waals surface area contributed by atoms with Crippen molar-refractivity contribution in [1.82, 2.24) is 24.1 Å². The van der Waals surface area contributed by atoms with E-state index in [1.165, 1.54) is 33.4 Å². The van der Waals surface area contributed by atoms with Crippen LogP contribution in [0.2, 0.25) is 0 Å². The summed E-state index contributed by atoms with van der Waals surface area (Å²) in [4.78, 5) is 19.7. The molecule has 0 atom stereocenters. The average molecular weight is 997 g/mol. The van der Waals surface area contributed by atoms with Crippen molar-refractivity contribution in [2.24, 2.45) is 0 Å². The van der Waals surface area contributed by atoms with E-state index in [2.05, 4.69) is 204 Å². The maximum Gasteiger partial charge on any atom is 0.194 e. The molecule has 11 aromatic carbocycles. The second kappa shape index (κ2) is 19.0. The fraction of sp³-hybridized carbons (Fsp3) is 0.0278. The monoisotopic (exact) mass is 996 g/mol. The summed E-state index contributed by atoms with van der Waals surface area (Å²) in [6, 6.07) is 89.8. The smallest absolute Gasteiger partial charge is 0.194 e. The van der Waals surface area contributed by atoms with Gasteiger partial charge in [-0.1, -0.05) is 188 Å². The highest BCUT2D eigenvalue weighted by atomic mass is 15.0. The van der Waals surface area contributed by atoms with E-state index in [-0.39, 0.29) is 0 Å². The fourth-order valence-electron chi connectivity index (χ4n) is 11.5. The molecule has 0 aliphatic heterocycles. The topological polar surface area (TPSA) is 52.9 Å². The van der Waals surface area contributed by atoms with E-state index in [0.29, 0.717) is 23.2 Å². The number of hydrogen-bond donors (Lipinski definition) is 0. The van der Waals surface area contributed by atoms with E-state index in [4.69, 9.17) is 21.5 Å². The minimum absolute atomic E-state index is 0.561. The summed E-state index contributed by atoms with van der Waals surface area (Å²) in [6.45, 7) is 12.9.